The second-order valence-corrected chi connectivity index (χ2v) is 9.45. The quantitative estimate of drug-likeness (QED) is 0.618. The minimum absolute atomic E-state index is 0.202. The van der Waals surface area contributed by atoms with Crippen molar-refractivity contribution in [3.63, 3.8) is 0 Å². The number of fused-ring (bicyclic) bond motifs is 1. The molecule has 0 spiro atoms. The summed E-state index contributed by atoms with van der Waals surface area (Å²) >= 11 is 7.67. The standard InChI is InChI=1S/C17H16ClN3O3S2/c1-26(22,23)12-4-2-3-11(9-12)14-10-13-15(25-14)16(20-17(18)19-13)21-5-7-24-8-6-21/h2-4,9-10H,5-8H2,1H3. The van der Waals surface area contributed by atoms with Gasteiger partial charge in [0.1, 0.15) is 0 Å². The number of morpholine rings is 1. The third-order valence-corrected chi connectivity index (χ3v) is 6.63. The molecule has 1 fully saturated rings. The summed E-state index contributed by atoms with van der Waals surface area (Å²) < 4.78 is 30.0. The van der Waals surface area contributed by atoms with Crippen molar-refractivity contribution >= 4 is 48.8 Å². The van der Waals surface area contributed by atoms with Crippen LogP contribution in [-0.4, -0.2) is 50.9 Å². The highest BCUT2D eigenvalue weighted by atomic mass is 35.5. The van der Waals surface area contributed by atoms with Crippen LogP contribution in [0.25, 0.3) is 20.7 Å². The van der Waals surface area contributed by atoms with Crippen LogP contribution in [0.5, 0.6) is 0 Å². The maximum atomic E-state index is 11.8. The average molecular weight is 410 g/mol. The average Bonchev–Trinajstić information content (AvgIpc) is 3.05. The number of rotatable bonds is 3. The first kappa shape index (κ1) is 17.7. The molecule has 0 aliphatic carbocycles. The Labute approximate surface area is 160 Å². The number of thiophene rings is 1. The maximum Gasteiger partial charge on any atom is 0.224 e. The van der Waals surface area contributed by atoms with E-state index in [4.69, 9.17) is 16.3 Å². The lowest BCUT2D eigenvalue weighted by Gasteiger charge is -2.28. The molecule has 2 aromatic heterocycles. The Hall–Kier alpha value is -1.74. The molecule has 6 nitrogen and oxygen atoms in total. The van der Waals surface area contributed by atoms with Gasteiger partial charge in [0.05, 0.1) is 28.3 Å². The number of hydrogen-bond donors (Lipinski definition) is 0. The Morgan fingerprint density at radius 1 is 1.19 bits per heavy atom. The molecule has 1 aromatic carbocycles. The number of anilines is 1. The summed E-state index contributed by atoms with van der Waals surface area (Å²) in [6, 6.07) is 8.85. The van der Waals surface area contributed by atoms with E-state index in [1.54, 1.807) is 18.2 Å². The first-order valence-electron chi connectivity index (χ1n) is 8.02. The Kier molecular flexibility index (Phi) is 4.60. The smallest absolute Gasteiger partial charge is 0.224 e. The molecule has 9 heteroatoms. The largest absolute Gasteiger partial charge is 0.378 e. The lowest BCUT2D eigenvalue weighted by atomic mass is 10.2. The predicted molar refractivity (Wildman–Crippen MR) is 104 cm³/mol. The van der Waals surface area contributed by atoms with Crippen molar-refractivity contribution in [2.75, 3.05) is 37.5 Å². The molecule has 1 aliphatic heterocycles. The number of halogens is 1. The third-order valence-electron chi connectivity index (χ3n) is 4.18. The molecule has 1 saturated heterocycles. The van der Waals surface area contributed by atoms with Crippen molar-refractivity contribution in [1.82, 2.24) is 9.97 Å². The lowest BCUT2D eigenvalue weighted by Crippen LogP contribution is -2.36. The summed E-state index contributed by atoms with van der Waals surface area (Å²) in [6.07, 6.45) is 1.21. The fourth-order valence-corrected chi connectivity index (χ4v) is 4.85. The van der Waals surface area contributed by atoms with Gasteiger partial charge in [0.25, 0.3) is 0 Å². The fraction of sp³-hybridized carbons (Fsp3) is 0.294. The second-order valence-electron chi connectivity index (χ2n) is 6.04. The number of ether oxygens (including phenoxy) is 1. The fourth-order valence-electron chi connectivity index (χ4n) is 2.90. The maximum absolute atomic E-state index is 11.8. The molecular formula is C17H16ClN3O3S2. The Balaban J connectivity index is 1.83. The zero-order chi connectivity index (χ0) is 18.3. The van der Waals surface area contributed by atoms with Gasteiger partial charge in [-0.2, -0.15) is 4.98 Å². The summed E-state index contributed by atoms with van der Waals surface area (Å²) in [5.41, 5.74) is 1.59. The van der Waals surface area contributed by atoms with Crippen molar-refractivity contribution in [2.45, 2.75) is 4.90 Å². The molecule has 0 radical (unpaired) electrons. The first-order chi connectivity index (χ1) is 12.4. The number of benzene rings is 1. The van der Waals surface area contributed by atoms with E-state index in [2.05, 4.69) is 14.9 Å². The molecule has 0 unspecified atom stereocenters. The van der Waals surface area contributed by atoms with Crippen molar-refractivity contribution < 1.29 is 13.2 Å². The monoisotopic (exact) mass is 409 g/mol. The van der Waals surface area contributed by atoms with Gasteiger partial charge in [-0.3, -0.25) is 0 Å². The van der Waals surface area contributed by atoms with E-state index in [9.17, 15) is 8.42 Å². The Bertz CT molecular complexity index is 1080. The van der Waals surface area contributed by atoms with Crippen LogP contribution in [0.15, 0.2) is 35.2 Å². The predicted octanol–water partition coefficient (Wildman–Crippen LogP) is 3.25. The SMILES string of the molecule is CS(=O)(=O)c1cccc(-c2cc3nc(Cl)nc(N4CCOCC4)c3s2)c1. The third kappa shape index (κ3) is 3.42. The van der Waals surface area contributed by atoms with Crippen molar-refractivity contribution in [1.29, 1.82) is 0 Å². The molecule has 0 bridgehead atoms. The van der Waals surface area contributed by atoms with Crippen molar-refractivity contribution in [3.8, 4) is 10.4 Å². The van der Waals surface area contributed by atoms with Gasteiger partial charge in [-0.15, -0.1) is 11.3 Å². The topological polar surface area (TPSA) is 72.4 Å². The van der Waals surface area contributed by atoms with Gasteiger partial charge in [-0.05, 0) is 35.4 Å². The van der Waals surface area contributed by atoms with Gasteiger partial charge in [0.15, 0.2) is 15.7 Å². The van der Waals surface area contributed by atoms with Gasteiger partial charge in [0.2, 0.25) is 5.28 Å². The van der Waals surface area contributed by atoms with Crippen LogP contribution in [0, 0.1) is 0 Å². The summed E-state index contributed by atoms with van der Waals surface area (Å²) in [6.45, 7) is 2.80. The van der Waals surface area contributed by atoms with Gasteiger partial charge < -0.3 is 9.64 Å². The van der Waals surface area contributed by atoms with Crippen molar-refractivity contribution in [2.24, 2.45) is 0 Å². The summed E-state index contributed by atoms with van der Waals surface area (Å²) in [5.74, 6) is 0.804. The summed E-state index contributed by atoms with van der Waals surface area (Å²) in [7, 11) is -3.26. The number of sulfone groups is 1. The summed E-state index contributed by atoms with van der Waals surface area (Å²) in [4.78, 5) is 12.1. The van der Waals surface area contributed by atoms with E-state index < -0.39 is 9.84 Å². The summed E-state index contributed by atoms with van der Waals surface area (Å²) in [5, 5.41) is 0.202. The highest BCUT2D eigenvalue weighted by Gasteiger charge is 2.20. The molecule has 0 saturated carbocycles. The van der Waals surface area contributed by atoms with Gasteiger partial charge in [0, 0.05) is 24.2 Å². The first-order valence-corrected chi connectivity index (χ1v) is 11.1. The minimum atomic E-state index is -3.26. The molecule has 1 aliphatic rings. The Morgan fingerprint density at radius 2 is 1.96 bits per heavy atom. The van der Waals surface area contributed by atoms with Gasteiger partial charge in [-0.1, -0.05) is 12.1 Å². The van der Waals surface area contributed by atoms with Crippen molar-refractivity contribution in [3.05, 3.63) is 35.6 Å². The minimum Gasteiger partial charge on any atom is -0.378 e. The van der Waals surface area contributed by atoms with Crippen LogP contribution in [0.2, 0.25) is 5.28 Å². The number of nitrogens with zero attached hydrogens (tertiary/aromatic N) is 3. The highest BCUT2D eigenvalue weighted by molar-refractivity contribution is 7.90. The Morgan fingerprint density at radius 3 is 2.69 bits per heavy atom. The molecule has 4 rings (SSSR count). The van der Waals surface area contributed by atoms with E-state index in [0.29, 0.717) is 18.1 Å². The molecule has 0 amide bonds. The van der Waals surface area contributed by atoms with Crippen LogP contribution in [0.1, 0.15) is 0 Å². The molecule has 0 atom stereocenters. The van der Waals surface area contributed by atoms with Crippen LogP contribution in [-0.2, 0) is 14.6 Å². The van der Waals surface area contributed by atoms with E-state index in [0.717, 1.165) is 39.6 Å². The van der Waals surface area contributed by atoms with E-state index >= 15 is 0 Å². The zero-order valence-electron chi connectivity index (χ0n) is 14.0. The molecular weight excluding hydrogens is 394 g/mol. The second kappa shape index (κ2) is 6.77. The highest BCUT2D eigenvalue weighted by Crippen LogP contribution is 2.38. The van der Waals surface area contributed by atoms with E-state index in [1.165, 1.54) is 17.6 Å². The van der Waals surface area contributed by atoms with E-state index in [1.807, 2.05) is 12.1 Å². The van der Waals surface area contributed by atoms with E-state index in [-0.39, 0.29) is 5.28 Å². The molecule has 0 N–H and O–H groups in total. The number of hydrogen-bond acceptors (Lipinski definition) is 7. The number of aromatic nitrogens is 2. The molecule has 3 aromatic rings. The normalized spacial score (nSPS) is 15.5. The van der Waals surface area contributed by atoms with Gasteiger partial charge in [-0.25, -0.2) is 13.4 Å². The lowest BCUT2D eigenvalue weighted by molar-refractivity contribution is 0.122. The molecule has 136 valence electrons. The van der Waals surface area contributed by atoms with Crippen LogP contribution in [0.3, 0.4) is 0 Å². The molecule has 26 heavy (non-hydrogen) atoms. The zero-order valence-corrected chi connectivity index (χ0v) is 16.4. The van der Waals surface area contributed by atoms with Crippen LogP contribution >= 0.6 is 22.9 Å². The van der Waals surface area contributed by atoms with Crippen LogP contribution < -0.4 is 4.90 Å². The van der Waals surface area contributed by atoms with Crippen LogP contribution in [0.4, 0.5) is 5.82 Å². The molecule has 3 heterocycles. The van der Waals surface area contributed by atoms with Gasteiger partial charge >= 0.3 is 0 Å².